The Kier molecular flexibility index (Phi) is 4.50. The first-order valence-corrected chi connectivity index (χ1v) is 11.6. The molecule has 1 saturated heterocycles. The predicted molar refractivity (Wildman–Crippen MR) is 117 cm³/mol. The Balaban J connectivity index is 0.997. The summed E-state index contributed by atoms with van der Waals surface area (Å²) in [6.45, 7) is 3.90. The fraction of sp³-hybridized carbons (Fsp3) is 0.520. The van der Waals surface area contributed by atoms with Crippen LogP contribution in [0.2, 0.25) is 5.02 Å². The van der Waals surface area contributed by atoms with Crippen molar-refractivity contribution in [1.82, 2.24) is 15.1 Å². The third-order valence-corrected chi connectivity index (χ3v) is 8.22. The maximum absolute atomic E-state index is 13.5. The third kappa shape index (κ3) is 3.38. The monoisotopic (exact) mass is 423 g/mol. The minimum absolute atomic E-state index is 0.313. The largest absolute Gasteiger partial charge is 0.302 e. The van der Waals surface area contributed by atoms with Gasteiger partial charge in [0, 0.05) is 25.2 Å². The number of halogens is 2. The molecule has 3 aliphatic carbocycles. The van der Waals surface area contributed by atoms with Gasteiger partial charge >= 0.3 is 0 Å². The molecule has 0 N–H and O–H groups in total. The van der Waals surface area contributed by atoms with Crippen molar-refractivity contribution >= 4 is 11.6 Å². The molecule has 3 fully saturated rings. The van der Waals surface area contributed by atoms with Gasteiger partial charge in [-0.2, -0.15) is 10.2 Å². The van der Waals surface area contributed by atoms with E-state index >= 15 is 0 Å². The highest BCUT2D eigenvalue weighted by molar-refractivity contribution is 6.33. The van der Waals surface area contributed by atoms with Gasteiger partial charge in [0.1, 0.15) is 5.82 Å². The van der Waals surface area contributed by atoms with E-state index in [9.17, 15) is 4.39 Å². The topological polar surface area (TPSA) is 29.0 Å². The highest BCUT2D eigenvalue weighted by Crippen LogP contribution is 2.54. The molecule has 2 saturated carbocycles. The summed E-state index contributed by atoms with van der Waals surface area (Å²) in [5, 5.41) is 9.20. The smallest absolute Gasteiger partial charge is 0.123 e. The van der Waals surface area contributed by atoms with E-state index in [1.807, 2.05) is 12.1 Å². The van der Waals surface area contributed by atoms with Crippen LogP contribution >= 0.6 is 11.6 Å². The van der Waals surface area contributed by atoms with E-state index in [2.05, 4.69) is 27.2 Å². The lowest BCUT2D eigenvalue weighted by molar-refractivity contribution is -0.100. The number of nitrogens with zero attached hydrogens (tertiary/aromatic N) is 3. The van der Waals surface area contributed by atoms with Crippen LogP contribution in [0.15, 0.2) is 42.5 Å². The summed E-state index contributed by atoms with van der Waals surface area (Å²) in [5.41, 5.74) is 2.83. The molecular formula is C25H27ClFN3. The highest BCUT2D eigenvalue weighted by atomic mass is 35.5. The lowest BCUT2D eigenvalue weighted by atomic mass is 9.56. The van der Waals surface area contributed by atoms with Crippen molar-refractivity contribution in [2.75, 3.05) is 19.6 Å². The van der Waals surface area contributed by atoms with Crippen molar-refractivity contribution in [2.45, 2.75) is 32.1 Å². The quantitative estimate of drug-likeness (QED) is 0.602. The summed E-state index contributed by atoms with van der Waals surface area (Å²) in [5.74, 6) is 3.06. The number of allylic oxidation sites excluding steroid dienone is 2. The van der Waals surface area contributed by atoms with Gasteiger partial charge in [-0.3, -0.25) is 0 Å². The molecule has 0 radical (unpaired) electrons. The van der Waals surface area contributed by atoms with Crippen LogP contribution < -0.4 is 0 Å². The fourth-order valence-corrected chi connectivity index (χ4v) is 6.85. The molecule has 3 nitrogen and oxygen atoms in total. The zero-order valence-electron chi connectivity index (χ0n) is 17.1. The van der Waals surface area contributed by atoms with Crippen molar-refractivity contribution in [2.24, 2.45) is 29.1 Å². The molecule has 30 heavy (non-hydrogen) atoms. The van der Waals surface area contributed by atoms with Gasteiger partial charge < -0.3 is 4.90 Å². The molecule has 1 spiro atoms. The maximum Gasteiger partial charge on any atom is 0.123 e. The first-order chi connectivity index (χ1) is 14.6. The number of fused-ring (bicyclic) bond motifs is 2. The molecule has 3 unspecified atom stereocenters. The first kappa shape index (κ1) is 18.9. The van der Waals surface area contributed by atoms with Gasteiger partial charge in [0.2, 0.25) is 0 Å². The Hall–Kier alpha value is -1.78. The molecule has 156 valence electrons. The molecular weight excluding hydrogens is 397 g/mol. The molecule has 6 rings (SSSR count). The summed E-state index contributed by atoms with van der Waals surface area (Å²) in [4.78, 5) is 2.70. The minimum Gasteiger partial charge on any atom is -0.302 e. The van der Waals surface area contributed by atoms with Crippen LogP contribution in [0.25, 0.3) is 11.3 Å². The van der Waals surface area contributed by atoms with Crippen molar-refractivity contribution in [3.63, 3.8) is 0 Å². The molecule has 2 bridgehead atoms. The molecule has 2 aromatic rings. The third-order valence-electron chi connectivity index (χ3n) is 7.89. The fourth-order valence-electron chi connectivity index (χ4n) is 6.64. The van der Waals surface area contributed by atoms with Gasteiger partial charge in [-0.25, -0.2) is 4.39 Å². The second-order valence-electron chi connectivity index (χ2n) is 10.2. The summed E-state index contributed by atoms with van der Waals surface area (Å²) in [7, 11) is 0. The Morgan fingerprint density at radius 3 is 2.63 bits per heavy atom. The van der Waals surface area contributed by atoms with E-state index in [4.69, 9.17) is 11.6 Å². The van der Waals surface area contributed by atoms with Crippen LogP contribution in [-0.4, -0.2) is 34.7 Å². The zero-order chi connectivity index (χ0) is 20.3. The number of likely N-dealkylation sites (tertiary alicyclic amines) is 1. The molecule has 1 aromatic carbocycles. The summed E-state index contributed by atoms with van der Waals surface area (Å²) < 4.78 is 13.5. The highest BCUT2D eigenvalue weighted by Gasteiger charge is 2.52. The van der Waals surface area contributed by atoms with Crippen LogP contribution in [0, 0.1) is 34.9 Å². The molecule has 3 atom stereocenters. The second kappa shape index (κ2) is 7.13. The SMILES string of the molecule is Fc1ccc(Cl)c(-c2ccc(CC3CC4(C3)CN(CC3CC5C=CC3C5)C4)nn2)c1. The normalized spacial score (nSPS) is 29.3. The van der Waals surface area contributed by atoms with Gasteiger partial charge in [-0.15, -0.1) is 0 Å². The Bertz CT molecular complexity index is 974. The lowest BCUT2D eigenvalue weighted by Crippen LogP contribution is -2.63. The van der Waals surface area contributed by atoms with E-state index in [1.54, 1.807) is 6.07 Å². The van der Waals surface area contributed by atoms with Gasteiger partial charge in [0.05, 0.1) is 16.4 Å². The number of rotatable bonds is 5. The standard InChI is InChI=1S/C25H27ClFN3/c26-23-5-3-20(27)10-22(23)24-6-4-21(28-29-24)9-17-11-25(12-17)14-30(15-25)13-19-8-16-1-2-18(19)7-16/h1-6,10,16-19H,7-9,11-15H2. The zero-order valence-corrected chi connectivity index (χ0v) is 17.9. The molecule has 0 amide bonds. The van der Waals surface area contributed by atoms with Crippen LogP contribution in [0.3, 0.4) is 0 Å². The first-order valence-electron chi connectivity index (χ1n) is 11.2. The van der Waals surface area contributed by atoms with Crippen molar-refractivity contribution in [3.05, 3.63) is 59.0 Å². The van der Waals surface area contributed by atoms with Crippen LogP contribution in [0.1, 0.15) is 31.4 Å². The van der Waals surface area contributed by atoms with Crippen LogP contribution in [-0.2, 0) is 6.42 Å². The average Bonchev–Trinajstić information content (AvgIpc) is 3.30. The number of hydrogen-bond acceptors (Lipinski definition) is 3. The minimum atomic E-state index is -0.313. The van der Waals surface area contributed by atoms with Gasteiger partial charge in [-0.05, 0) is 91.5 Å². The second-order valence-corrected chi connectivity index (χ2v) is 10.6. The Labute approximate surface area is 182 Å². The summed E-state index contributed by atoms with van der Waals surface area (Å²) in [6, 6.07) is 8.26. The maximum atomic E-state index is 13.5. The summed E-state index contributed by atoms with van der Waals surface area (Å²) in [6.07, 6.45) is 11.4. The van der Waals surface area contributed by atoms with E-state index < -0.39 is 0 Å². The van der Waals surface area contributed by atoms with E-state index in [-0.39, 0.29) is 5.82 Å². The van der Waals surface area contributed by atoms with E-state index in [0.29, 0.717) is 21.7 Å². The van der Waals surface area contributed by atoms with Crippen LogP contribution in [0.4, 0.5) is 4.39 Å². The molecule has 1 aliphatic heterocycles. The van der Waals surface area contributed by atoms with E-state index in [0.717, 1.165) is 35.8 Å². The molecule has 2 heterocycles. The lowest BCUT2D eigenvalue weighted by Gasteiger charge is -2.60. The van der Waals surface area contributed by atoms with Crippen molar-refractivity contribution < 1.29 is 4.39 Å². The molecule has 5 heteroatoms. The Morgan fingerprint density at radius 2 is 1.93 bits per heavy atom. The predicted octanol–water partition coefficient (Wildman–Crippen LogP) is 5.40. The summed E-state index contributed by atoms with van der Waals surface area (Å²) >= 11 is 6.18. The Morgan fingerprint density at radius 1 is 1.07 bits per heavy atom. The molecule has 4 aliphatic rings. The number of benzene rings is 1. The van der Waals surface area contributed by atoms with Gasteiger partial charge in [-0.1, -0.05) is 23.8 Å². The average molecular weight is 424 g/mol. The van der Waals surface area contributed by atoms with E-state index in [1.165, 1.54) is 57.5 Å². The van der Waals surface area contributed by atoms with Crippen LogP contribution in [0.5, 0.6) is 0 Å². The molecule has 1 aromatic heterocycles. The van der Waals surface area contributed by atoms with Gasteiger partial charge in [0.15, 0.2) is 0 Å². The van der Waals surface area contributed by atoms with Crippen molar-refractivity contribution in [1.29, 1.82) is 0 Å². The van der Waals surface area contributed by atoms with Gasteiger partial charge in [0.25, 0.3) is 0 Å². The van der Waals surface area contributed by atoms with Crippen molar-refractivity contribution in [3.8, 4) is 11.3 Å². The number of hydrogen-bond donors (Lipinski definition) is 0. The number of aromatic nitrogens is 2.